The van der Waals surface area contributed by atoms with Gasteiger partial charge in [0.05, 0.1) is 9.40 Å². The van der Waals surface area contributed by atoms with E-state index in [1.165, 1.54) is 19.3 Å². The molecule has 0 aliphatic heterocycles. The van der Waals surface area contributed by atoms with Crippen molar-refractivity contribution in [1.29, 1.82) is 0 Å². The van der Waals surface area contributed by atoms with Crippen LogP contribution in [0.5, 0.6) is 0 Å². The maximum absolute atomic E-state index is 10.9. The van der Waals surface area contributed by atoms with Gasteiger partial charge in [-0.25, -0.2) is 0 Å². The molecule has 1 saturated carbocycles. The van der Waals surface area contributed by atoms with E-state index < -0.39 is 0 Å². The van der Waals surface area contributed by atoms with Gasteiger partial charge in [-0.15, -0.1) is 0 Å². The number of benzene rings is 1. The van der Waals surface area contributed by atoms with Crippen molar-refractivity contribution >= 4 is 27.3 Å². The van der Waals surface area contributed by atoms with Gasteiger partial charge >= 0.3 is 0 Å². The lowest BCUT2D eigenvalue weighted by Gasteiger charge is -2.14. The molecule has 1 N–H and O–H groups in total. The van der Waals surface area contributed by atoms with E-state index in [1.54, 1.807) is 12.1 Å². The number of rotatable bonds is 4. The van der Waals surface area contributed by atoms with Crippen LogP contribution in [0.3, 0.4) is 0 Å². The van der Waals surface area contributed by atoms with Crippen molar-refractivity contribution in [2.45, 2.75) is 38.6 Å². The predicted octanol–water partition coefficient (Wildman–Crippen LogP) is 4.35. The van der Waals surface area contributed by atoms with Crippen molar-refractivity contribution in [3.63, 3.8) is 0 Å². The molecule has 0 spiro atoms. The summed E-state index contributed by atoms with van der Waals surface area (Å²) in [6.45, 7) is 2.22. The maximum Gasteiger partial charge on any atom is 0.285 e. The van der Waals surface area contributed by atoms with Crippen LogP contribution in [0, 0.1) is 16.0 Å². The normalized spacial score (nSPS) is 23.0. The predicted molar refractivity (Wildman–Crippen MR) is 75.8 cm³/mol. The summed E-state index contributed by atoms with van der Waals surface area (Å²) in [6.07, 6.45) is 4.80. The van der Waals surface area contributed by atoms with Crippen molar-refractivity contribution < 1.29 is 4.92 Å². The molecule has 1 fully saturated rings. The molecule has 98 valence electrons. The molecule has 0 heterocycles. The second kappa shape index (κ2) is 5.69. The van der Waals surface area contributed by atoms with Gasteiger partial charge in [0.25, 0.3) is 5.69 Å². The van der Waals surface area contributed by atoms with Crippen LogP contribution in [-0.4, -0.2) is 11.0 Å². The van der Waals surface area contributed by atoms with Gasteiger partial charge in [0.2, 0.25) is 0 Å². The summed E-state index contributed by atoms with van der Waals surface area (Å²) < 4.78 is 0.524. The van der Waals surface area contributed by atoms with Crippen LogP contribution < -0.4 is 5.32 Å². The second-order valence-electron chi connectivity index (χ2n) is 4.85. The highest BCUT2D eigenvalue weighted by Gasteiger charge is 2.23. The number of nitrogens with zero attached hydrogens (tertiary/aromatic N) is 1. The lowest BCUT2D eigenvalue weighted by molar-refractivity contribution is -0.385. The van der Waals surface area contributed by atoms with Gasteiger partial charge in [0, 0.05) is 17.8 Å². The van der Waals surface area contributed by atoms with E-state index in [-0.39, 0.29) is 10.6 Å². The third-order valence-corrected chi connectivity index (χ3v) is 4.30. The molecule has 1 aromatic carbocycles. The molecule has 2 atom stereocenters. The van der Waals surface area contributed by atoms with Crippen LogP contribution in [0.4, 0.5) is 11.4 Å². The van der Waals surface area contributed by atoms with E-state index in [4.69, 9.17) is 0 Å². The van der Waals surface area contributed by atoms with Gasteiger partial charge in [0.15, 0.2) is 0 Å². The van der Waals surface area contributed by atoms with Crippen molar-refractivity contribution in [2.75, 3.05) is 5.32 Å². The Hall–Kier alpha value is -1.10. The standard InChI is InChI=1S/C13H17BrN2O2/c1-2-9-3-4-10(7-9)15-11-5-6-12(14)13(8-11)16(17)18/h5-6,8-10,15H,2-4,7H2,1H3. The van der Waals surface area contributed by atoms with E-state index in [9.17, 15) is 10.1 Å². The summed E-state index contributed by atoms with van der Waals surface area (Å²) in [5.74, 6) is 0.799. The molecule has 0 aromatic heterocycles. The first-order chi connectivity index (χ1) is 8.60. The average molecular weight is 313 g/mol. The maximum atomic E-state index is 10.9. The fourth-order valence-corrected chi connectivity index (χ4v) is 2.95. The van der Waals surface area contributed by atoms with Crippen LogP contribution >= 0.6 is 15.9 Å². The fourth-order valence-electron chi connectivity index (χ4n) is 2.55. The lowest BCUT2D eigenvalue weighted by atomic mass is 10.1. The summed E-state index contributed by atoms with van der Waals surface area (Å²) in [6, 6.07) is 5.67. The number of anilines is 1. The Morgan fingerprint density at radius 1 is 1.50 bits per heavy atom. The monoisotopic (exact) mass is 312 g/mol. The van der Waals surface area contributed by atoms with Crippen molar-refractivity contribution in [2.24, 2.45) is 5.92 Å². The third kappa shape index (κ3) is 3.02. The summed E-state index contributed by atoms with van der Waals surface area (Å²) in [5.41, 5.74) is 0.955. The molecule has 5 heteroatoms. The molecule has 0 bridgehead atoms. The van der Waals surface area contributed by atoms with Crippen LogP contribution in [0.1, 0.15) is 32.6 Å². The highest BCUT2D eigenvalue weighted by molar-refractivity contribution is 9.10. The van der Waals surface area contributed by atoms with Gasteiger partial charge in [-0.2, -0.15) is 0 Å². The third-order valence-electron chi connectivity index (χ3n) is 3.63. The highest BCUT2D eigenvalue weighted by atomic mass is 79.9. The minimum absolute atomic E-state index is 0.116. The van der Waals surface area contributed by atoms with E-state index in [1.807, 2.05) is 6.07 Å². The summed E-state index contributed by atoms with van der Waals surface area (Å²) in [7, 11) is 0. The number of nitro groups is 1. The van der Waals surface area contributed by atoms with Crippen LogP contribution in [0.15, 0.2) is 22.7 Å². The van der Waals surface area contributed by atoms with E-state index >= 15 is 0 Å². The Kier molecular flexibility index (Phi) is 4.22. The Balaban J connectivity index is 2.06. The topological polar surface area (TPSA) is 55.2 Å². The van der Waals surface area contributed by atoms with Crippen LogP contribution in [0.25, 0.3) is 0 Å². The number of nitrogens with one attached hydrogen (secondary N) is 1. The van der Waals surface area contributed by atoms with Gasteiger partial charge in [-0.1, -0.05) is 13.3 Å². The largest absolute Gasteiger partial charge is 0.382 e. The quantitative estimate of drug-likeness (QED) is 0.664. The Morgan fingerprint density at radius 3 is 2.89 bits per heavy atom. The summed E-state index contributed by atoms with van der Waals surface area (Å²) >= 11 is 3.20. The molecular weight excluding hydrogens is 296 g/mol. The molecular formula is C13H17BrN2O2. The average Bonchev–Trinajstić information content (AvgIpc) is 2.79. The van der Waals surface area contributed by atoms with Crippen molar-refractivity contribution in [1.82, 2.24) is 0 Å². The molecule has 0 radical (unpaired) electrons. The Labute approximate surface area is 115 Å². The molecule has 18 heavy (non-hydrogen) atoms. The Morgan fingerprint density at radius 2 is 2.28 bits per heavy atom. The number of nitro benzene ring substituents is 1. The van der Waals surface area contributed by atoms with Crippen LogP contribution in [0.2, 0.25) is 0 Å². The van der Waals surface area contributed by atoms with E-state index in [2.05, 4.69) is 28.2 Å². The molecule has 1 aliphatic carbocycles. The molecule has 0 saturated heterocycles. The highest BCUT2D eigenvalue weighted by Crippen LogP contribution is 2.32. The first kappa shape index (κ1) is 13.3. The summed E-state index contributed by atoms with van der Waals surface area (Å²) in [5, 5.41) is 14.3. The van der Waals surface area contributed by atoms with Crippen molar-refractivity contribution in [3.8, 4) is 0 Å². The molecule has 1 aliphatic rings. The zero-order valence-electron chi connectivity index (χ0n) is 10.4. The SMILES string of the molecule is CCC1CCC(Nc2ccc(Br)c([N+](=O)[O-])c2)C1. The minimum Gasteiger partial charge on any atom is -0.382 e. The van der Waals surface area contributed by atoms with E-state index in [0.29, 0.717) is 10.5 Å². The number of hydrogen-bond donors (Lipinski definition) is 1. The van der Waals surface area contributed by atoms with Gasteiger partial charge in [-0.3, -0.25) is 10.1 Å². The smallest absolute Gasteiger partial charge is 0.285 e. The molecule has 0 amide bonds. The first-order valence-corrected chi connectivity index (χ1v) is 7.10. The van der Waals surface area contributed by atoms with Gasteiger partial charge < -0.3 is 5.32 Å². The van der Waals surface area contributed by atoms with Crippen LogP contribution in [-0.2, 0) is 0 Å². The zero-order valence-corrected chi connectivity index (χ0v) is 11.9. The second-order valence-corrected chi connectivity index (χ2v) is 5.71. The first-order valence-electron chi connectivity index (χ1n) is 6.30. The van der Waals surface area contributed by atoms with Gasteiger partial charge in [-0.05, 0) is 53.2 Å². The van der Waals surface area contributed by atoms with Gasteiger partial charge in [0.1, 0.15) is 0 Å². The minimum atomic E-state index is -0.362. The Bertz CT molecular complexity index is 451. The molecule has 2 unspecified atom stereocenters. The summed E-state index contributed by atoms with van der Waals surface area (Å²) in [4.78, 5) is 10.5. The lowest BCUT2D eigenvalue weighted by Crippen LogP contribution is -2.15. The molecule has 1 aromatic rings. The zero-order chi connectivity index (χ0) is 13.1. The fraction of sp³-hybridized carbons (Fsp3) is 0.538. The molecule has 2 rings (SSSR count). The molecule has 4 nitrogen and oxygen atoms in total. The van der Waals surface area contributed by atoms with Crippen molar-refractivity contribution in [3.05, 3.63) is 32.8 Å². The number of hydrogen-bond acceptors (Lipinski definition) is 3. The van der Waals surface area contributed by atoms with E-state index in [0.717, 1.165) is 18.0 Å². The number of halogens is 1.